The number of anilines is 1. The molecule has 2 aromatic rings. The molecule has 1 heterocycles. The van der Waals surface area contributed by atoms with Gasteiger partial charge in [0.25, 0.3) is 0 Å². The quantitative estimate of drug-likeness (QED) is 0.130. The Morgan fingerprint density at radius 2 is 1.72 bits per heavy atom. The van der Waals surface area contributed by atoms with Gasteiger partial charge < -0.3 is 14.7 Å². The molecule has 1 saturated carbocycles. The van der Waals surface area contributed by atoms with Crippen LogP contribution in [-0.4, -0.2) is 51.9 Å². The molecule has 0 unspecified atom stereocenters. The van der Waals surface area contributed by atoms with Gasteiger partial charge in [0.15, 0.2) is 28.4 Å². The van der Waals surface area contributed by atoms with Gasteiger partial charge in [-0.3, -0.25) is 10.1 Å². The number of aromatic nitrogens is 1. The standard InChI is InChI=1S/C22H24F5N3O4S2/c1-11-2-4-12(5-3-11)30(22(33)29-21-28-8-15(36-21)35-10-14(31)32)6-7-34-9-13-16(23)18(25)20(27)19(26)17(13)24/h8,11-12H,2-7,9-10H2,1H3,(H,31,32)(H,28,29,33)/t11-,12-. The van der Waals surface area contributed by atoms with Crippen molar-refractivity contribution in [2.45, 2.75) is 49.5 Å². The minimum Gasteiger partial charge on any atom is -0.481 e. The van der Waals surface area contributed by atoms with Gasteiger partial charge in [-0.25, -0.2) is 31.7 Å². The molecule has 7 nitrogen and oxygen atoms in total. The summed E-state index contributed by atoms with van der Waals surface area (Å²) in [6.07, 6.45) is 4.70. The van der Waals surface area contributed by atoms with Crippen LogP contribution in [0.4, 0.5) is 31.9 Å². The monoisotopic (exact) mass is 553 g/mol. The molecular formula is C22H24F5N3O4S2. The maximum absolute atomic E-state index is 13.9. The van der Waals surface area contributed by atoms with E-state index < -0.39 is 53.3 Å². The van der Waals surface area contributed by atoms with Crippen molar-refractivity contribution < 1.29 is 41.4 Å². The highest BCUT2D eigenvalue weighted by Crippen LogP contribution is 2.30. The van der Waals surface area contributed by atoms with Crippen LogP contribution < -0.4 is 5.32 Å². The van der Waals surface area contributed by atoms with E-state index in [2.05, 4.69) is 17.2 Å². The Labute approximate surface area is 212 Å². The van der Waals surface area contributed by atoms with Crippen molar-refractivity contribution >= 4 is 40.2 Å². The van der Waals surface area contributed by atoms with Gasteiger partial charge in [-0.1, -0.05) is 18.3 Å². The van der Waals surface area contributed by atoms with Crippen molar-refractivity contribution in [3.63, 3.8) is 0 Å². The topological polar surface area (TPSA) is 91.8 Å². The van der Waals surface area contributed by atoms with E-state index in [0.717, 1.165) is 48.8 Å². The van der Waals surface area contributed by atoms with E-state index in [9.17, 15) is 31.5 Å². The van der Waals surface area contributed by atoms with Crippen LogP contribution >= 0.6 is 23.1 Å². The Morgan fingerprint density at radius 1 is 1.11 bits per heavy atom. The number of carbonyl (C=O) groups excluding carboxylic acids is 1. The van der Waals surface area contributed by atoms with Crippen LogP contribution in [0.1, 0.15) is 38.2 Å². The number of halogens is 5. The SMILES string of the molecule is C[C@H]1CC[C@H](N(CCOCc2c(F)c(F)c(F)c(F)c2F)C(=O)Nc2ncc(SCC(=O)O)s2)CC1. The van der Waals surface area contributed by atoms with Crippen molar-refractivity contribution in [1.82, 2.24) is 9.88 Å². The molecule has 0 saturated heterocycles. The first-order valence-corrected chi connectivity index (χ1v) is 12.8. The summed E-state index contributed by atoms with van der Waals surface area (Å²) in [5.41, 5.74) is -1.08. The third-order valence-electron chi connectivity index (χ3n) is 5.75. The highest BCUT2D eigenvalue weighted by atomic mass is 32.2. The number of urea groups is 1. The number of carbonyl (C=O) groups is 2. The van der Waals surface area contributed by atoms with Crippen LogP contribution in [0.3, 0.4) is 0 Å². The Morgan fingerprint density at radius 3 is 2.33 bits per heavy atom. The summed E-state index contributed by atoms with van der Waals surface area (Å²) in [7, 11) is 0. The molecule has 14 heteroatoms. The van der Waals surface area contributed by atoms with Crippen molar-refractivity contribution in [1.29, 1.82) is 0 Å². The molecule has 1 aromatic heterocycles. The van der Waals surface area contributed by atoms with Crippen LogP contribution in [0.5, 0.6) is 0 Å². The fourth-order valence-corrected chi connectivity index (χ4v) is 5.38. The van der Waals surface area contributed by atoms with E-state index in [0.29, 0.717) is 10.1 Å². The van der Waals surface area contributed by atoms with Crippen LogP contribution in [-0.2, 0) is 16.1 Å². The molecule has 0 bridgehead atoms. The average Bonchev–Trinajstić information content (AvgIpc) is 3.30. The number of hydrogen-bond donors (Lipinski definition) is 2. The van der Waals surface area contributed by atoms with E-state index in [1.54, 1.807) is 0 Å². The highest BCUT2D eigenvalue weighted by molar-refractivity contribution is 8.01. The molecule has 1 aliphatic rings. The predicted octanol–water partition coefficient (Wildman–Crippen LogP) is 5.64. The molecule has 36 heavy (non-hydrogen) atoms. The number of aliphatic carboxylic acids is 1. The first-order valence-electron chi connectivity index (χ1n) is 11.0. The van der Waals surface area contributed by atoms with Gasteiger partial charge in [-0.2, -0.15) is 0 Å². The van der Waals surface area contributed by atoms with Gasteiger partial charge in [0.05, 0.1) is 34.9 Å². The molecule has 0 spiro atoms. The number of rotatable bonds is 10. The molecule has 2 N–H and O–H groups in total. The average molecular weight is 554 g/mol. The molecule has 3 rings (SSSR count). The minimum atomic E-state index is -2.24. The summed E-state index contributed by atoms with van der Waals surface area (Å²) in [5, 5.41) is 11.7. The number of nitrogens with zero attached hydrogens (tertiary/aromatic N) is 2. The highest BCUT2D eigenvalue weighted by Gasteiger charge is 2.29. The van der Waals surface area contributed by atoms with E-state index in [-0.39, 0.29) is 30.1 Å². The van der Waals surface area contributed by atoms with Gasteiger partial charge in [0.1, 0.15) is 0 Å². The number of benzene rings is 1. The first-order chi connectivity index (χ1) is 17.1. The molecule has 0 aliphatic heterocycles. The predicted molar refractivity (Wildman–Crippen MR) is 124 cm³/mol. The third-order valence-corrected chi connectivity index (χ3v) is 7.84. The van der Waals surface area contributed by atoms with E-state index in [1.807, 2.05) is 0 Å². The number of ether oxygens (including phenoxy) is 1. The largest absolute Gasteiger partial charge is 0.481 e. The van der Waals surface area contributed by atoms with E-state index in [1.165, 1.54) is 11.1 Å². The molecular weight excluding hydrogens is 529 g/mol. The van der Waals surface area contributed by atoms with Crippen molar-refractivity contribution in [3.05, 3.63) is 40.8 Å². The summed E-state index contributed by atoms with van der Waals surface area (Å²) >= 11 is 2.18. The molecule has 1 aromatic carbocycles. The summed E-state index contributed by atoms with van der Waals surface area (Å²) in [6.45, 7) is 1.04. The molecule has 1 fully saturated rings. The lowest BCUT2D eigenvalue weighted by Gasteiger charge is -2.36. The lowest BCUT2D eigenvalue weighted by Crippen LogP contribution is -2.46. The second-order valence-electron chi connectivity index (χ2n) is 8.31. The number of hydrogen-bond acceptors (Lipinski definition) is 6. The summed E-state index contributed by atoms with van der Waals surface area (Å²) in [5.74, 6) is -10.9. The van der Waals surface area contributed by atoms with Crippen molar-refractivity contribution in [2.24, 2.45) is 5.92 Å². The van der Waals surface area contributed by atoms with Crippen LogP contribution in [0.25, 0.3) is 0 Å². The maximum atomic E-state index is 13.9. The lowest BCUT2D eigenvalue weighted by atomic mass is 9.86. The van der Waals surface area contributed by atoms with Gasteiger partial charge in [-0.15, -0.1) is 11.8 Å². The zero-order valence-corrected chi connectivity index (χ0v) is 20.8. The Balaban J connectivity index is 1.63. The number of nitrogens with one attached hydrogen (secondary N) is 1. The van der Waals surface area contributed by atoms with Crippen molar-refractivity contribution in [2.75, 3.05) is 24.2 Å². The van der Waals surface area contributed by atoms with E-state index >= 15 is 0 Å². The molecule has 0 radical (unpaired) electrons. The minimum absolute atomic E-state index is 0.00622. The third kappa shape index (κ3) is 7.07. The number of thioether (sulfide) groups is 1. The smallest absolute Gasteiger partial charge is 0.323 e. The molecule has 198 valence electrons. The van der Waals surface area contributed by atoms with Gasteiger partial charge >= 0.3 is 12.0 Å². The Bertz CT molecular complexity index is 1070. The van der Waals surface area contributed by atoms with Gasteiger partial charge in [0.2, 0.25) is 5.82 Å². The Kier molecular flexibility index (Phi) is 9.91. The van der Waals surface area contributed by atoms with Gasteiger partial charge in [-0.05, 0) is 31.6 Å². The number of carboxylic acid groups (broad SMARTS) is 1. The first kappa shape index (κ1) is 28.1. The molecule has 2 amide bonds. The fourth-order valence-electron chi connectivity index (χ4n) is 3.80. The van der Waals surface area contributed by atoms with Gasteiger partial charge in [0, 0.05) is 12.6 Å². The molecule has 0 atom stereocenters. The van der Waals surface area contributed by atoms with Crippen LogP contribution in [0.2, 0.25) is 0 Å². The summed E-state index contributed by atoms with van der Waals surface area (Å²) in [4.78, 5) is 29.4. The summed E-state index contributed by atoms with van der Waals surface area (Å²) < 4.78 is 73.6. The molecule has 1 aliphatic carbocycles. The Hall–Kier alpha value is -2.45. The number of thiazole rings is 1. The zero-order chi connectivity index (χ0) is 26.4. The fraction of sp³-hybridized carbons (Fsp3) is 0.500. The maximum Gasteiger partial charge on any atom is 0.323 e. The lowest BCUT2D eigenvalue weighted by molar-refractivity contribution is -0.133. The van der Waals surface area contributed by atoms with Crippen LogP contribution in [0.15, 0.2) is 10.4 Å². The normalized spacial score (nSPS) is 17.7. The zero-order valence-electron chi connectivity index (χ0n) is 19.2. The second-order valence-corrected chi connectivity index (χ2v) is 10.6. The van der Waals surface area contributed by atoms with Crippen LogP contribution in [0, 0.1) is 35.0 Å². The summed E-state index contributed by atoms with van der Waals surface area (Å²) in [6, 6.07) is -0.627. The second kappa shape index (κ2) is 12.7. The number of amides is 2. The van der Waals surface area contributed by atoms with Crippen molar-refractivity contribution in [3.8, 4) is 0 Å². The van der Waals surface area contributed by atoms with E-state index in [4.69, 9.17) is 9.84 Å². The number of carboxylic acids is 1.